The summed E-state index contributed by atoms with van der Waals surface area (Å²) in [7, 11) is 0. The first kappa shape index (κ1) is 15.5. The molecule has 2 amide bonds. The maximum Gasteiger partial charge on any atom is 0.234 e. The molecule has 0 atom stereocenters. The Labute approximate surface area is 125 Å². The third-order valence-corrected chi connectivity index (χ3v) is 3.62. The summed E-state index contributed by atoms with van der Waals surface area (Å²) in [5.41, 5.74) is 1.06. The Kier molecular flexibility index (Phi) is 6.22. The summed E-state index contributed by atoms with van der Waals surface area (Å²) in [5.74, 6) is -0.134. The van der Waals surface area contributed by atoms with Gasteiger partial charge in [-0.1, -0.05) is 43.2 Å². The van der Waals surface area contributed by atoms with Crippen molar-refractivity contribution < 1.29 is 9.59 Å². The van der Waals surface area contributed by atoms with Crippen molar-refractivity contribution in [2.24, 2.45) is 0 Å². The summed E-state index contributed by atoms with van der Waals surface area (Å²) in [6, 6.07) is 10.1. The Morgan fingerprint density at radius 3 is 2.38 bits per heavy atom. The highest BCUT2D eigenvalue weighted by atomic mass is 16.2. The van der Waals surface area contributed by atoms with Crippen LogP contribution in [0.5, 0.6) is 0 Å². The van der Waals surface area contributed by atoms with E-state index in [9.17, 15) is 9.59 Å². The Balaban J connectivity index is 1.55. The lowest BCUT2D eigenvalue weighted by Gasteiger charge is -2.12. The fourth-order valence-corrected chi connectivity index (χ4v) is 2.50. The van der Waals surface area contributed by atoms with Crippen molar-refractivity contribution in [1.29, 1.82) is 0 Å². The number of hydrogen-bond acceptors (Lipinski definition) is 3. The van der Waals surface area contributed by atoms with Crippen LogP contribution in [0.2, 0.25) is 0 Å². The average molecular weight is 289 g/mol. The second kappa shape index (κ2) is 8.42. The fraction of sp³-hybridized carbons (Fsp3) is 0.500. The van der Waals surface area contributed by atoms with Crippen molar-refractivity contribution in [2.45, 2.75) is 38.3 Å². The maximum atomic E-state index is 11.7. The molecule has 0 unspecified atom stereocenters. The van der Waals surface area contributed by atoms with E-state index in [2.05, 4.69) is 16.0 Å². The van der Waals surface area contributed by atoms with Crippen LogP contribution in [0.25, 0.3) is 0 Å². The monoisotopic (exact) mass is 289 g/mol. The van der Waals surface area contributed by atoms with Gasteiger partial charge < -0.3 is 10.6 Å². The summed E-state index contributed by atoms with van der Waals surface area (Å²) >= 11 is 0. The molecule has 21 heavy (non-hydrogen) atoms. The van der Waals surface area contributed by atoms with Gasteiger partial charge in [0.15, 0.2) is 0 Å². The van der Waals surface area contributed by atoms with Crippen molar-refractivity contribution in [3.63, 3.8) is 0 Å². The lowest BCUT2D eigenvalue weighted by Crippen LogP contribution is -2.42. The minimum Gasteiger partial charge on any atom is -0.352 e. The van der Waals surface area contributed by atoms with Crippen LogP contribution in [0.1, 0.15) is 31.2 Å². The van der Waals surface area contributed by atoms with Crippen molar-refractivity contribution in [1.82, 2.24) is 16.0 Å². The van der Waals surface area contributed by atoms with Crippen molar-refractivity contribution in [3.05, 3.63) is 35.9 Å². The van der Waals surface area contributed by atoms with E-state index in [0.717, 1.165) is 18.4 Å². The molecule has 1 fully saturated rings. The number of hydrogen-bond donors (Lipinski definition) is 3. The minimum atomic E-state index is -0.104. The van der Waals surface area contributed by atoms with Crippen LogP contribution in [0.15, 0.2) is 30.3 Å². The van der Waals surface area contributed by atoms with Crippen LogP contribution in [0.4, 0.5) is 0 Å². The molecule has 5 heteroatoms. The van der Waals surface area contributed by atoms with Crippen LogP contribution < -0.4 is 16.0 Å². The molecule has 114 valence electrons. The number of rotatable bonds is 7. The van der Waals surface area contributed by atoms with E-state index >= 15 is 0 Å². The number of amides is 2. The highest BCUT2D eigenvalue weighted by Gasteiger charge is 2.16. The third-order valence-electron chi connectivity index (χ3n) is 3.62. The SMILES string of the molecule is O=C(CNCC(=O)NC1CCCC1)NCc1ccccc1. The molecule has 1 saturated carbocycles. The number of carbonyl (C=O) groups excluding carboxylic acids is 2. The second-order valence-electron chi connectivity index (χ2n) is 5.41. The summed E-state index contributed by atoms with van der Waals surface area (Å²) in [5, 5.41) is 8.66. The van der Waals surface area contributed by atoms with E-state index in [0.29, 0.717) is 12.6 Å². The molecule has 0 aromatic heterocycles. The van der Waals surface area contributed by atoms with E-state index in [1.807, 2.05) is 30.3 Å². The van der Waals surface area contributed by atoms with Gasteiger partial charge in [0.2, 0.25) is 11.8 Å². The van der Waals surface area contributed by atoms with Gasteiger partial charge in [0, 0.05) is 12.6 Å². The predicted octanol–water partition coefficient (Wildman–Crippen LogP) is 0.951. The molecule has 3 N–H and O–H groups in total. The average Bonchev–Trinajstić information content (AvgIpc) is 2.99. The summed E-state index contributed by atoms with van der Waals surface area (Å²) in [6.07, 6.45) is 4.53. The first-order chi connectivity index (χ1) is 10.2. The number of carbonyl (C=O) groups is 2. The topological polar surface area (TPSA) is 70.2 Å². The van der Waals surface area contributed by atoms with E-state index in [1.165, 1.54) is 12.8 Å². The van der Waals surface area contributed by atoms with Gasteiger partial charge in [-0.05, 0) is 18.4 Å². The zero-order chi connectivity index (χ0) is 14.9. The van der Waals surface area contributed by atoms with E-state index in [1.54, 1.807) is 0 Å². The molecule has 1 aliphatic carbocycles. The zero-order valence-electron chi connectivity index (χ0n) is 12.2. The first-order valence-electron chi connectivity index (χ1n) is 7.55. The molecule has 2 rings (SSSR count). The molecule has 0 spiro atoms. The molecule has 1 aromatic carbocycles. The molecule has 1 aromatic rings. The Morgan fingerprint density at radius 1 is 1.00 bits per heavy atom. The summed E-state index contributed by atoms with van der Waals surface area (Å²) < 4.78 is 0. The van der Waals surface area contributed by atoms with Crippen molar-refractivity contribution in [2.75, 3.05) is 13.1 Å². The Morgan fingerprint density at radius 2 is 1.67 bits per heavy atom. The van der Waals surface area contributed by atoms with Gasteiger partial charge in [-0.3, -0.25) is 14.9 Å². The van der Waals surface area contributed by atoms with E-state index in [-0.39, 0.29) is 24.9 Å². The van der Waals surface area contributed by atoms with Gasteiger partial charge in [0.25, 0.3) is 0 Å². The lowest BCUT2D eigenvalue weighted by molar-refractivity contribution is -0.121. The molecule has 0 bridgehead atoms. The smallest absolute Gasteiger partial charge is 0.234 e. The highest BCUT2D eigenvalue weighted by Crippen LogP contribution is 2.17. The molecule has 0 saturated heterocycles. The summed E-state index contributed by atoms with van der Waals surface area (Å²) in [4.78, 5) is 23.3. The van der Waals surface area contributed by atoms with Gasteiger partial charge in [-0.2, -0.15) is 0 Å². The van der Waals surface area contributed by atoms with Crippen LogP contribution >= 0.6 is 0 Å². The maximum absolute atomic E-state index is 11.7. The summed E-state index contributed by atoms with van der Waals surface area (Å²) in [6.45, 7) is 0.857. The van der Waals surface area contributed by atoms with Crippen molar-refractivity contribution >= 4 is 11.8 Å². The van der Waals surface area contributed by atoms with Crippen LogP contribution in [-0.4, -0.2) is 30.9 Å². The third kappa shape index (κ3) is 5.95. The fourth-order valence-electron chi connectivity index (χ4n) is 2.50. The van der Waals surface area contributed by atoms with Gasteiger partial charge in [0.05, 0.1) is 13.1 Å². The number of benzene rings is 1. The quantitative estimate of drug-likeness (QED) is 0.700. The van der Waals surface area contributed by atoms with Gasteiger partial charge in [-0.25, -0.2) is 0 Å². The van der Waals surface area contributed by atoms with Crippen LogP contribution in [0.3, 0.4) is 0 Å². The van der Waals surface area contributed by atoms with E-state index < -0.39 is 0 Å². The normalized spacial score (nSPS) is 14.9. The second-order valence-corrected chi connectivity index (χ2v) is 5.41. The molecule has 0 aliphatic heterocycles. The first-order valence-corrected chi connectivity index (χ1v) is 7.55. The number of nitrogens with one attached hydrogen (secondary N) is 3. The van der Waals surface area contributed by atoms with Crippen LogP contribution in [0, 0.1) is 0 Å². The standard InChI is InChI=1S/C16H23N3O2/c20-15(18-10-13-6-2-1-3-7-13)11-17-12-16(21)19-14-8-4-5-9-14/h1-3,6-7,14,17H,4-5,8-12H2,(H,18,20)(H,19,21). The highest BCUT2D eigenvalue weighted by molar-refractivity contribution is 5.81. The lowest BCUT2D eigenvalue weighted by atomic mass is 10.2. The molecule has 5 nitrogen and oxygen atoms in total. The van der Waals surface area contributed by atoms with Gasteiger partial charge in [0.1, 0.15) is 0 Å². The predicted molar refractivity (Wildman–Crippen MR) is 81.6 cm³/mol. The molecule has 0 heterocycles. The molecule has 1 aliphatic rings. The Bertz CT molecular complexity index is 456. The Hall–Kier alpha value is -1.88. The largest absolute Gasteiger partial charge is 0.352 e. The van der Waals surface area contributed by atoms with E-state index in [4.69, 9.17) is 0 Å². The minimum absolute atomic E-state index is 0.0299. The molecular weight excluding hydrogens is 266 g/mol. The zero-order valence-corrected chi connectivity index (χ0v) is 12.2. The van der Waals surface area contributed by atoms with Gasteiger partial charge >= 0.3 is 0 Å². The molecular formula is C16H23N3O2. The van der Waals surface area contributed by atoms with Crippen molar-refractivity contribution in [3.8, 4) is 0 Å². The molecule has 0 radical (unpaired) electrons. The van der Waals surface area contributed by atoms with Gasteiger partial charge in [-0.15, -0.1) is 0 Å². The van der Waals surface area contributed by atoms with Crippen LogP contribution in [-0.2, 0) is 16.1 Å².